The van der Waals surface area contributed by atoms with E-state index in [-0.39, 0.29) is 11.3 Å². The zero-order valence-corrected chi connectivity index (χ0v) is 15.1. The average molecular weight is 386 g/mol. The van der Waals surface area contributed by atoms with E-state index in [1.807, 2.05) is 0 Å². The number of ether oxygens (including phenoxy) is 3. The summed E-state index contributed by atoms with van der Waals surface area (Å²) in [5, 5.41) is 3.44. The molecule has 1 N–H and O–H groups in total. The zero-order valence-electron chi connectivity index (χ0n) is 15.1. The number of anilines is 1. The van der Waals surface area contributed by atoms with Gasteiger partial charge in [-0.15, -0.1) is 0 Å². The minimum absolute atomic E-state index is 0.113. The highest BCUT2D eigenvalue weighted by Crippen LogP contribution is 2.36. The number of fused-ring (bicyclic) bond motifs is 1. The van der Waals surface area contributed by atoms with Gasteiger partial charge in [0, 0.05) is 37.6 Å². The standard InChI is InChI=1S/C17H21F3N4O3/c1-25-13-9-11-12(10-14(13)26-2)22-16(17(18,19)20)23-15(11)21-3-4-24-5-7-27-8-6-24/h9-10H,3-8H2,1-2H3,(H,21,22,23). The first-order valence-corrected chi connectivity index (χ1v) is 8.47. The largest absolute Gasteiger partial charge is 0.493 e. The fraction of sp³-hybridized carbons (Fsp3) is 0.529. The summed E-state index contributed by atoms with van der Waals surface area (Å²) >= 11 is 0. The van der Waals surface area contributed by atoms with Crippen molar-refractivity contribution < 1.29 is 27.4 Å². The van der Waals surface area contributed by atoms with Crippen molar-refractivity contribution in [2.24, 2.45) is 0 Å². The molecule has 0 atom stereocenters. The van der Waals surface area contributed by atoms with E-state index in [0.717, 1.165) is 13.1 Å². The molecule has 1 aliphatic heterocycles. The molecule has 1 aromatic heterocycles. The predicted octanol–water partition coefficient (Wildman–Crippen LogP) is 2.41. The van der Waals surface area contributed by atoms with E-state index >= 15 is 0 Å². The third kappa shape index (κ3) is 4.51. The molecule has 27 heavy (non-hydrogen) atoms. The van der Waals surface area contributed by atoms with Crippen LogP contribution in [0.5, 0.6) is 11.5 Å². The number of alkyl halides is 3. The molecule has 7 nitrogen and oxygen atoms in total. The van der Waals surface area contributed by atoms with Gasteiger partial charge >= 0.3 is 6.18 Å². The van der Waals surface area contributed by atoms with E-state index in [1.54, 1.807) is 6.07 Å². The lowest BCUT2D eigenvalue weighted by Gasteiger charge is -2.26. The van der Waals surface area contributed by atoms with Crippen LogP contribution in [0.1, 0.15) is 5.82 Å². The summed E-state index contributed by atoms with van der Waals surface area (Å²) in [6, 6.07) is 2.99. The Labute approximate surface area is 154 Å². The van der Waals surface area contributed by atoms with Crippen LogP contribution in [0.2, 0.25) is 0 Å². The maximum atomic E-state index is 13.2. The van der Waals surface area contributed by atoms with E-state index < -0.39 is 12.0 Å². The quantitative estimate of drug-likeness (QED) is 0.818. The molecule has 0 radical (unpaired) electrons. The summed E-state index contributed by atoms with van der Waals surface area (Å²) in [4.78, 5) is 9.52. The van der Waals surface area contributed by atoms with Gasteiger partial charge in [-0.25, -0.2) is 9.97 Å². The smallest absolute Gasteiger partial charge is 0.451 e. The second-order valence-electron chi connectivity index (χ2n) is 6.00. The second-order valence-corrected chi connectivity index (χ2v) is 6.00. The SMILES string of the molecule is COc1cc2nc(C(F)(F)F)nc(NCCN3CCOCC3)c2cc1OC. The fourth-order valence-electron chi connectivity index (χ4n) is 2.87. The number of hydrogen-bond donors (Lipinski definition) is 1. The molecular weight excluding hydrogens is 365 g/mol. The molecule has 0 unspecified atom stereocenters. The maximum Gasteiger partial charge on any atom is 0.451 e. The van der Waals surface area contributed by atoms with E-state index in [4.69, 9.17) is 14.2 Å². The Kier molecular flexibility index (Phi) is 5.85. The van der Waals surface area contributed by atoms with Gasteiger partial charge in [-0.3, -0.25) is 4.90 Å². The van der Waals surface area contributed by atoms with Crippen molar-refractivity contribution in [1.29, 1.82) is 0 Å². The van der Waals surface area contributed by atoms with Crippen molar-refractivity contribution in [1.82, 2.24) is 14.9 Å². The van der Waals surface area contributed by atoms with E-state index in [9.17, 15) is 13.2 Å². The van der Waals surface area contributed by atoms with Crippen molar-refractivity contribution >= 4 is 16.7 Å². The van der Waals surface area contributed by atoms with Gasteiger partial charge < -0.3 is 19.5 Å². The maximum absolute atomic E-state index is 13.2. The highest BCUT2D eigenvalue weighted by molar-refractivity contribution is 5.91. The lowest BCUT2D eigenvalue weighted by molar-refractivity contribution is -0.144. The summed E-state index contributed by atoms with van der Waals surface area (Å²) in [7, 11) is 2.87. The molecular formula is C17H21F3N4O3. The van der Waals surface area contributed by atoms with Crippen molar-refractivity contribution in [3.63, 3.8) is 0 Å². The van der Waals surface area contributed by atoms with Crippen LogP contribution in [-0.2, 0) is 10.9 Å². The highest BCUT2D eigenvalue weighted by Gasteiger charge is 2.35. The Balaban J connectivity index is 1.92. The van der Waals surface area contributed by atoms with Crippen LogP contribution < -0.4 is 14.8 Å². The average Bonchev–Trinajstić information content (AvgIpc) is 2.66. The molecule has 3 rings (SSSR count). The number of benzene rings is 1. The number of rotatable bonds is 6. The molecule has 1 fully saturated rings. The number of nitrogens with zero attached hydrogens (tertiary/aromatic N) is 3. The number of nitrogens with one attached hydrogen (secondary N) is 1. The van der Waals surface area contributed by atoms with Crippen molar-refractivity contribution in [3.8, 4) is 11.5 Å². The first-order chi connectivity index (χ1) is 12.9. The second kappa shape index (κ2) is 8.13. The van der Waals surface area contributed by atoms with Crippen LogP contribution in [0.3, 0.4) is 0 Å². The summed E-state index contributed by atoms with van der Waals surface area (Å²) in [6.45, 7) is 4.02. The van der Waals surface area contributed by atoms with Gasteiger partial charge in [0.05, 0.1) is 33.0 Å². The first-order valence-electron chi connectivity index (χ1n) is 8.47. The summed E-state index contributed by atoms with van der Waals surface area (Å²) in [5.41, 5.74) is 0.129. The van der Waals surface area contributed by atoms with Crippen molar-refractivity contribution in [2.45, 2.75) is 6.18 Å². The third-order valence-electron chi connectivity index (χ3n) is 4.28. The molecule has 1 aromatic carbocycles. The first kappa shape index (κ1) is 19.4. The number of aromatic nitrogens is 2. The topological polar surface area (TPSA) is 68.7 Å². The van der Waals surface area contributed by atoms with E-state index in [0.29, 0.717) is 43.2 Å². The van der Waals surface area contributed by atoms with Gasteiger partial charge in [0.15, 0.2) is 11.5 Å². The van der Waals surface area contributed by atoms with Gasteiger partial charge in [0.25, 0.3) is 0 Å². The predicted molar refractivity (Wildman–Crippen MR) is 93.4 cm³/mol. The summed E-state index contributed by atoms with van der Waals surface area (Å²) < 4.78 is 55.3. The Morgan fingerprint density at radius 3 is 2.41 bits per heavy atom. The summed E-state index contributed by atoms with van der Waals surface area (Å²) in [6.07, 6.45) is -4.65. The van der Waals surface area contributed by atoms with Crippen LogP contribution in [0, 0.1) is 0 Å². The van der Waals surface area contributed by atoms with Gasteiger partial charge in [0.2, 0.25) is 5.82 Å². The zero-order chi connectivity index (χ0) is 19.4. The van der Waals surface area contributed by atoms with Gasteiger partial charge in [-0.2, -0.15) is 13.2 Å². The van der Waals surface area contributed by atoms with Crippen LogP contribution in [0.25, 0.3) is 10.9 Å². The molecule has 148 valence electrons. The lowest BCUT2D eigenvalue weighted by Crippen LogP contribution is -2.39. The summed E-state index contributed by atoms with van der Waals surface area (Å²) in [5.74, 6) is -0.390. The van der Waals surface area contributed by atoms with Crippen LogP contribution >= 0.6 is 0 Å². The van der Waals surface area contributed by atoms with Crippen LogP contribution in [0.15, 0.2) is 12.1 Å². The highest BCUT2D eigenvalue weighted by atomic mass is 19.4. The molecule has 2 aromatic rings. The molecule has 0 saturated carbocycles. The molecule has 1 saturated heterocycles. The van der Waals surface area contributed by atoms with Crippen LogP contribution in [0.4, 0.5) is 19.0 Å². The van der Waals surface area contributed by atoms with E-state index in [2.05, 4.69) is 20.2 Å². The van der Waals surface area contributed by atoms with Crippen molar-refractivity contribution in [2.75, 3.05) is 58.9 Å². The molecule has 0 amide bonds. The Morgan fingerprint density at radius 2 is 1.78 bits per heavy atom. The Hall–Kier alpha value is -2.33. The van der Waals surface area contributed by atoms with Gasteiger partial charge in [-0.05, 0) is 6.07 Å². The molecule has 0 bridgehead atoms. The number of hydrogen-bond acceptors (Lipinski definition) is 7. The van der Waals surface area contributed by atoms with Gasteiger partial charge in [0.1, 0.15) is 5.82 Å². The number of halogens is 3. The third-order valence-corrected chi connectivity index (χ3v) is 4.28. The lowest BCUT2D eigenvalue weighted by atomic mass is 10.2. The molecule has 0 spiro atoms. The minimum Gasteiger partial charge on any atom is -0.493 e. The number of morpholine rings is 1. The normalized spacial score (nSPS) is 15.7. The van der Waals surface area contributed by atoms with Crippen LogP contribution in [-0.4, -0.2) is 68.5 Å². The van der Waals surface area contributed by atoms with Crippen molar-refractivity contribution in [3.05, 3.63) is 18.0 Å². The fourth-order valence-corrected chi connectivity index (χ4v) is 2.87. The monoisotopic (exact) mass is 386 g/mol. The minimum atomic E-state index is -4.65. The van der Waals surface area contributed by atoms with Gasteiger partial charge in [-0.1, -0.05) is 0 Å². The Bertz CT molecular complexity index is 795. The molecule has 10 heteroatoms. The molecule has 2 heterocycles. The number of methoxy groups -OCH3 is 2. The molecule has 0 aliphatic carbocycles. The van der Waals surface area contributed by atoms with E-state index in [1.165, 1.54) is 20.3 Å². The Morgan fingerprint density at radius 1 is 1.11 bits per heavy atom. The molecule has 1 aliphatic rings.